The molecule has 1 aliphatic rings. The van der Waals surface area contributed by atoms with Crippen LogP contribution in [0.4, 0.5) is 0 Å². The molecule has 5 heteroatoms. The lowest BCUT2D eigenvalue weighted by Gasteiger charge is -2.34. The number of esters is 2. The summed E-state index contributed by atoms with van der Waals surface area (Å²) in [5.74, 6) is -1.20. The van der Waals surface area contributed by atoms with Crippen molar-refractivity contribution in [2.75, 3.05) is 20.8 Å². The number of carbonyl (C=O) groups excluding carboxylic acids is 2. The van der Waals surface area contributed by atoms with E-state index < -0.39 is 5.92 Å². The van der Waals surface area contributed by atoms with Gasteiger partial charge in [-0.25, -0.2) is 0 Å². The van der Waals surface area contributed by atoms with E-state index in [0.29, 0.717) is 0 Å². The topological polar surface area (TPSA) is 55.8 Å². The Labute approximate surface area is 137 Å². The van der Waals surface area contributed by atoms with Crippen LogP contribution in [0.3, 0.4) is 0 Å². The molecule has 1 heterocycles. The molecule has 0 saturated carbocycles. The van der Waals surface area contributed by atoms with Crippen molar-refractivity contribution in [2.24, 2.45) is 5.92 Å². The van der Waals surface area contributed by atoms with Crippen molar-refractivity contribution in [3.8, 4) is 0 Å². The average molecular weight is 319 g/mol. The van der Waals surface area contributed by atoms with E-state index >= 15 is 0 Å². The minimum Gasteiger partial charge on any atom is -0.469 e. The second kappa shape index (κ2) is 8.11. The lowest BCUT2D eigenvalue weighted by atomic mass is 9.92. The summed E-state index contributed by atoms with van der Waals surface area (Å²) in [6.45, 7) is 3.05. The zero-order valence-electron chi connectivity index (χ0n) is 14.0. The van der Waals surface area contributed by atoms with Crippen LogP contribution in [0.1, 0.15) is 37.8 Å². The Morgan fingerprint density at radius 3 is 2.52 bits per heavy atom. The minimum absolute atomic E-state index is 0.00300. The summed E-state index contributed by atoms with van der Waals surface area (Å²) in [7, 11) is 2.71. The van der Waals surface area contributed by atoms with E-state index in [9.17, 15) is 9.59 Å². The number of carbonyl (C=O) groups is 2. The van der Waals surface area contributed by atoms with Gasteiger partial charge in [-0.1, -0.05) is 30.3 Å². The minimum atomic E-state index is -0.485. The highest BCUT2D eigenvalue weighted by Crippen LogP contribution is 2.34. The number of ether oxygens (including phenoxy) is 2. The summed E-state index contributed by atoms with van der Waals surface area (Å²) >= 11 is 0. The van der Waals surface area contributed by atoms with Crippen molar-refractivity contribution in [1.82, 2.24) is 4.90 Å². The summed E-state index contributed by atoms with van der Waals surface area (Å²) in [6.07, 6.45) is 1.95. The van der Waals surface area contributed by atoms with E-state index in [4.69, 9.17) is 9.47 Å². The van der Waals surface area contributed by atoms with Crippen LogP contribution >= 0.6 is 0 Å². The van der Waals surface area contributed by atoms with Crippen molar-refractivity contribution in [2.45, 2.75) is 38.3 Å². The van der Waals surface area contributed by atoms with Gasteiger partial charge < -0.3 is 9.47 Å². The van der Waals surface area contributed by atoms with Gasteiger partial charge in [-0.3, -0.25) is 14.5 Å². The number of hydrogen-bond donors (Lipinski definition) is 0. The largest absolute Gasteiger partial charge is 0.469 e. The molecule has 1 aliphatic heterocycles. The molecule has 0 radical (unpaired) electrons. The van der Waals surface area contributed by atoms with Crippen molar-refractivity contribution >= 4 is 11.9 Å². The van der Waals surface area contributed by atoms with Crippen LogP contribution in [0.5, 0.6) is 0 Å². The highest BCUT2D eigenvalue weighted by Gasteiger charge is 2.40. The maximum absolute atomic E-state index is 12.2. The smallest absolute Gasteiger partial charge is 0.310 e. The van der Waals surface area contributed by atoms with Gasteiger partial charge in [0.1, 0.15) is 0 Å². The molecule has 3 atom stereocenters. The normalized spacial score (nSPS) is 20.7. The highest BCUT2D eigenvalue weighted by atomic mass is 16.5. The second-order valence-corrected chi connectivity index (χ2v) is 5.94. The lowest BCUT2D eigenvalue weighted by Crippen LogP contribution is -2.42. The first kappa shape index (κ1) is 17.5. The van der Waals surface area contributed by atoms with Gasteiger partial charge >= 0.3 is 11.9 Å². The lowest BCUT2D eigenvalue weighted by molar-refractivity contribution is -0.154. The van der Waals surface area contributed by atoms with Gasteiger partial charge in [0.2, 0.25) is 0 Å². The maximum atomic E-state index is 12.2. The molecule has 0 aromatic heterocycles. The monoisotopic (exact) mass is 319 g/mol. The molecule has 1 aromatic rings. The Morgan fingerprint density at radius 1 is 1.22 bits per heavy atom. The number of hydrogen-bond acceptors (Lipinski definition) is 5. The molecule has 0 aliphatic carbocycles. The maximum Gasteiger partial charge on any atom is 0.310 e. The summed E-state index contributed by atoms with van der Waals surface area (Å²) in [5, 5.41) is 0. The molecule has 0 amide bonds. The van der Waals surface area contributed by atoms with Crippen LogP contribution in [0.25, 0.3) is 0 Å². The Bertz CT molecular complexity index is 531. The quantitative estimate of drug-likeness (QED) is 0.754. The van der Waals surface area contributed by atoms with Gasteiger partial charge in [-0.05, 0) is 31.9 Å². The molecule has 2 rings (SSSR count). The summed E-state index contributed by atoms with van der Waals surface area (Å²) in [5.41, 5.74) is 1.21. The summed E-state index contributed by atoms with van der Waals surface area (Å²) < 4.78 is 9.68. The Morgan fingerprint density at radius 2 is 1.91 bits per heavy atom. The molecule has 1 fully saturated rings. The third kappa shape index (κ3) is 4.10. The van der Waals surface area contributed by atoms with Crippen LogP contribution in [0.2, 0.25) is 0 Å². The fourth-order valence-corrected chi connectivity index (χ4v) is 3.44. The first-order valence-electron chi connectivity index (χ1n) is 8.03. The van der Waals surface area contributed by atoms with E-state index in [2.05, 4.69) is 24.0 Å². The molecular weight excluding hydrogens is 294 g/mol. The van der Waals surface area contributed by atoms with E-state index in [1.54, 1.807) is 0 Å². The number of likely N-dealkylation sites (tertiary alicyclic amines) is 1. The molecule has 0 N–H and O–H groups in total. The molecule has 5 nitrogen and oxygen atoms in total. The zero-order valence-corrected chi connectivity index (χ0v) is 14.0. The number of nitrogens with zero attached hydrogens (tertiary/aromatic N) is 1. The number of methoxy groups -OCH3 is 2. The molecule has 126 valence electrons. The summed E-state index contributed by atoms with van der Waals surface area (Å²) in [4.78, 5) is 26.2. The van der Waals surface area contributed by atoms with E-state index in [1.165, 1.54) is 19.8 Å². The Kier molecular flexibility index (Phi) is 6.16. The van der Waals surface area contributed by atoms with Gasteiger partial charge in [0, 0.05) is 12.1 Å². The van der Waals surface area contributed by atoms with E-state index in [-0.39, 0.29) is 30.4 Å². The van der Waals surface area contributed by atoms with E-state index in [1.807, 2.05) is 18.2 Å². The van der Waals surface area contributed by atoms with Gasteiger partial charge in [0.25, 0.3) is 0 Å². The van der Waals surface area contributed by atoms with Crippen LogP contribution in [0, 0.1) is 5.92 Å². The Balaban J connectivity index is 2.20. The van der Waals surface area contributed by atoms with Crippen molar-refractivity contribution in [1.29, 1.82) is 0 Å². The SMILES string of the molecule is COC(=O)C[C@H](C(=O)OC)[C@H]1CCCN1[C@H](C)c1ccccc1. The third-order valence-corrected chi connectivity index (χ3v) is 4.70. The highest BCUT2D eigenvalue weighted by molar-refractivity contribution is 5.80. The van der Waals surface area contributed by atoms with Crippen LogP contribution in [0.15, 0.2) is 30.3 Å². The fourth-order valence-electron chi connectivity index (χ4n) is 3.44. The Hall–Kier alpha value is -1.88. The number of benzene rings is 1. The first-order valence-corrected chi connectivity index (χ1v) is 8.03. The predicted molar refractivity (Wildman–Crippen MR) is 86.7 cm³/mol. The zero-order chi connectivity index (χ0) is 16.8. The summed E-state index contributed by atoms with van der Waals surface area (Å²) in [6, 6.07) is 10.4. The third-order valence-electron chi connectivity index (χ3n) is 4.70. The molecule has 0 spiro atoms. The molecule has 0 unspecified atom stereocenters. The van der Waals surface area contributed by atoms with Crippen LogP contribution in [-0.4, -0.2) is 43.6 Å². The second-order valence-electron chi connectivity index (χ2n) is 5.94. The van der Waals surface area contributed by atoms with Gasteiger partial charge in [-0.2, -0.15) is 0 Å². The van der Waals surface area contributed by atoms with Gasteiger partial charge in [-0.15, -0.1) is 0 Å². The van der Waals surface area contributed by atoms with Crippen molar-refractivity contribution < 1.29 is 19.1 Å². The average Bonchev–Trinajstić information content (AvgIpc) is 3.08. The fraction of sp³-hybridized carbons (Fsp3) is 0.556. The standard InChI is InChI=1S/C18H25NO4/c1-13(14-8-5-4-6-9-14)19-11-7-10-16(19)15(18(21)23-3)12-17(20)22-2/h4-6,8-9,13,15-16H,7,10-12H2,1-3H3/t13-,15+,16-/m1/s1. The van der Waals surface area contributed by atoms with E-state index in [0.717, 1.165) is 19.4 Å². The number of rotatable bonds is 6. The molecule has 1 saturated heterocycles. The van der Waals surface area contributed by atoms with Gasteiger partial charge in [0.05, 0.1) is 26.6 Å². The van der Waals surface area contributed by atoms with Crippen LogP contribution in [-0.2, 0) is 19.1 Å². The molecular formula is C18H25NO4. The van der Waals surface area contributed by atoms with Crippen molar-refractivity contribution in [3.05, 3.63) is 35.9 Å². The first-order chi connectivity index (χ1) is 11.1. The van der Waals surface area contributed by atoms with Gasteiger partial charge in [0.15, 0.2) is 0 Å². The molecule has 1 aromatic carbocycles. The molecule has 23 heavy (non-hydrogen) atoms. The predicted octanol–water partition coefficient (Wildman–Crippen LogP) is 2.56. The van der Waals surface area contributed by atoms with Crippen LogP contribution < -0.4 is 0 Å². The van der Waals surface area contributed by atoms with Crippen molar-refractivity contribution in [3.63, 3.8) is 0 Å². The molecule has 0 bridgehead atoms.